The summed E-state index contributed by atoms with van der Waals surface area (Å²) in [4.78, 5) is 26.5. The Hall–Kier alpha value is -3.32. The molecule has 4 N–H and O–H groups in total. The number of hydrogen-bond donors (Lipinski definition) is 3. The number of Topliss-reactive ketones (excluding diaryl/α,β-unsaturated/α-hetero) is 1. The second-order valence-corrected chi connectivity index (χ2v) is 8.72. The van der Waals surface area contributed by atoms with Gasteiger partial charge in [0, 0.05) is 16.8 Å². The molecule has 0 saturated heterocycles. The van der Waals surface area contributed by atoms with Crippen LogP contribution in [0.25, 0.3) is 5.57 Å². The number of alkyl carbamates (subject to hydrolysis) is 1. The van der Waals surface area contributed by atoms with Gasteiger partial charge in [-0.2, -0.15) is 0 Å². The normalized spacial score (nSPS) is 24.9. The molecule has 3 aliphatic rings. The zero-order valence-electron chi connectivity index (χ0n) is 17.9. The molecule has 7 heteroatoms. The van der Waals surface area contributed by atoms with E-state index < -0.39 is 23.2 Å². The van der Waals surface area contributed by atoms with Gasteiger partial charge in [-0.1, -0.05) is 44.2 Å². The summed E-state index contributed by atoms with van der Waals surface area (Å²) in [5, 5.41) is 14.5. The molecule has 32 heavy (non-hydrogen) atoms. The topological polar surface area (TPSA) is 111 Å². The van der Waals surface area contributed by atoms with Gasteiger partial charge in [0.1, 0.15) is 5.75 Å². The quantitative estimate of drug-likeness (QED) is 0.470. The Balaban J connectivity index is 1.62. The van der Waals surface area contributed by atoms with Crippen molar-refractivity contribution in [2.24, 2.45) is 5.92 Å². The molecular formula is C25H26N2O5. The first-order chi connectivity index (χ1) is 15.3. The summed E-state index contributed by atoms with van der Waals surface area (Å²) in [5.74, 6) is -1.92. The van der Waals surface area contributed by atoms with Gasteiger partial charge in [0.15, 0.2) is 0 Å². The van der Waals surface area contributed by atoms with Crippen LogP contribution in [0.15, 0.2) is 43.0 Å². The first kappa shape index (κ1) is 20.6. The van der Waals surface area contributed by atoms with E-state index in [1.54, 1.807) is 30.3 Å². The van der Waals surface area contributed by atoms with Crippen molar-refractivity contribution in [1.29, 1.82) is 0 Å². The zero-order valence-corrected chi connectivity index (χ0v) is 17.9. The molecule has 7 nitrogen and oxygen atoms in total. The van der Waals surface area contributed by atoms with Crippen LogP contribution in [0.5, 0.6) is 5.75 Å². The van der Waals surface area contributed by atoms with Crippen LogP contribution in [-0.4, -0.2) is 23.6 Å². The summed E-state index contributed by atoms with van der Waals surface area (Å²) in [6.45, 7) is 6.36. The highest BCUT2D eigenvalue weighted by molar-refractivity contribution is 6.15. The summed E-state index contributed by atoms with van der Waals surface area (Å²) >= 11 is 0. The van der Waals surface area contributed by atoms with Gasteiger partial charge in [0.2, 0.25) is 11.3 Å². The van der Waals surface area contributed by atoms with Gasteiger partial charge in [-0.15, -0.1) is 0 Å². The van der Waals surface area contributed by atoms with Crippen molar-refractivity contribution in [3.05, 3.63) is 65.2 Å². The molecule has 0 spiro atoms. The largest absolute Gasteiger partial charge is 0.454 e. The maximum Gasteiger partial charge on any atom is 0.408 e. The van der Waals surface area contributed by atoms with Crippen molar-refractivity contribution < 1.29 is 24.2 Å². The number of carbonyl (C=O) groups is 2. The highest BCUT2D eigenvalue weighted by Crippen LogP contribution is 2.59. The number of allylic oxidation sites excluding steroid dienone is 1. The molecule has 1 amide bonds. The number of nitrogen functional groups attached to an aromatic ring is 1. The molecule has 1 saturated carbocycles. The van der Waals surface area contributed by atoms with E-state index in [-0.39, 0.29) is 23.4 Å². The number of nitrogens with one attached hydrogen (secondary N) is 1. The average molecular weight is 434 g/mol. The highest BCUT2D eigenvalue weighted by atomic mass is 16.6. The van der Waals surface area contributed by atoms with Gasteiger partial charge in [-0.3, -0.25) is 10.1 Å². The number of aliphatic hydroxyl groups is 1. The van der Waals surface area contributed by atoms with Crippen LogP contribution in [0.3, 0.4) is 0 Å². The summed E-state index contributed by atoms with van der Waals surface area (Å²) in [6.07, 6.45) is 2.93. The first-order valence-corrected chi connectivity index (χ1v) is 11.0. The average Bonchev–Trinajstić information content (AvgIpc) is 3.55. The molecule has 2 atom stereocenters. The molecule has 1 heterocycles. The third-order valence-corrected chi connectivity index (χ3v) is 6.64. The van der Waals surface area contributed by atoms with Crippen LogP contribution < -0.4 is 15.8 Å². The lowest BCUT2D eigenvalue weighted by atomic mass is 9.82. The van der Waals surface area contributed by atoms with Crippen molar-refractivity contribution in [2.75, 3.05) is 12.3 Å². The van der Waals surface area contributed by atoms with Gasteiger partial charge in [0.05, 0.1) is 12.2 Å². The van der Waals surface area contributed by atoms with E-state index in [9.17, 15) is 14.7 Å². The number of carbonyl (C=O) groups excluding carboxylic acids is 2. The molecule has 0 bridgehead atoms. The van der Waals surface area contributed by atoms with Crippen molar-refractivity contribution in [3.63, 3.8) is 0 Å². The number of benzene rings is 2. The van der Waals surface area contributed by atoms with Crippen LogP contribution in [0.1, 0.15) is 59.7 Å². The number of amides is 1. The minimum Gasteiger partial charge on any atom is -0.454 e. The predicted molar refractivity (Wildman–Crippen MR) is 119 cm³/mol. The fraction of sp³-hybridized carbons (Fsp3) is 0.360. The second kappa shape index (κ2) is 7.10. The number of ether oxygens (including phenoxy) is 2. The minimum absolute atomic E-state index is 0.140. The predicted octanol–water partition coefficient (Wildman–Crippen LogP) is 3.85. The maximum absolute atomic E-state index is 13.8. The number of fused-ring (bicyclic) bond motifs is 5. The first-order valence-electron chi connectivity index (χ1n) is 11.0. The highest BCUT2D eigenvalue weighted by Gasteiger charge is 2.72. The lowest BCUT2D eigenvalue weighted by Crippen LogP contribution is -2.60. The Morgan fingerprint density at radius 2 is 2.09 bits per heavy atom. The number of ketones is 1. The van der Waals surface area contributed by atoms with E-state index >= 15 is 0 Å². The number of unbranched alkanes of at least 4 members (excludes halogenated alkanes) is 1. The molecule has 2 aromatic rings. The van der Waals surface area contributed by atoms with Gasteiger partial charge >= 0.3 is 6.09 Å². The Kier molecular flexibility index (Phi) is 4.57. The third kappa shape index (κ3) is 2.70. The lowest BCUT2D eigenvalue weighted by Gasteiger charge is -2.33. The standard InChI is InChI=1S/C25H26N2O5/c1-3-4-12-31-23(29)27-24-17-11-10-16(14(2)15-8-9-15)13-20(17)32-25(24,30)18-6-5-7-19(26)21(18)22(24)28/h5-7,10-11,13,15,30H,2-4,8-9,12,26H2,1H3,(H,27,29). The molecule has 1 aliphatic heterocycles. The fourth-order valence-electron chi connectivity index (χ4n) is 4.74. The third-order valence-electron chi connectivity index (χ3n) is 6.64. The van der Waals surface area contributed by atoms with Crippen LogP contribution >= 0.6 is 0 Å². The Labute approximate surface area is 186 Å². The van der Waals surface area contributed by atoms with Crippen LogP contribution in [0.2, 0.25) is 0 Å². The van der Waals surface area contributed by atoms with Gasteiger partial charge < -0.3 is 20.3 Å². The monoisotopic (exact) mass is 434 g/mol. The van der Waals surface area contributed by atoms with E-state index in [1.165, 1.54) is 0 Å². The molecular weight excluding hydrogens is 408 g/mol. The fourth-order valence-corrected chi connectivity index (χ4v) is 4.74. The number of anilines is 1. The number of hydrogen-bond acceptors (Lipinski definition) is 6. The van der Waals surface area contributed by atoms with E-state index in [0.717, 1.165) is 30.4 Å². The van der Waals surface area contributed by atoms with Crippen LogP contribution in [0.4, 0.5) is 10.5 Å². The van der Waals surface area contributed by atoms with E-state index in [0.29, 0.717) is 23.7 Å². The van der Waals surface area contributed by atoms with E-state index in [2.05, 4.69) is 11.9 Å². The molecule has 2 aromatic carbocycles. The van der Waals surface area contributed by atoms with Crippen molar-refractivity contribution in [2.45, 2.75) is 43.9 Å². The summed E-state index contributed by atoms with van der Waals surface area (Å²) in [5.41, 5.74) is 7.00. The van der Waals surface area contributed by atoms with Crippen LogP contribution in [0, 0.1) is 5.92 Å². The smallest absolute Gasteiger partial charge is 0.408 e. The number of rotatable bonds is 6. The molecule has 0 radical (unpaired) electrons. The Morgan fingerprint density at radius 3 is 2.81 bits per heavy atom. The van der Waals surface area contributed by atoms with Crippen LogP contribution in [-0.2, 0) is 16.1 Å². The molecule has 2 aliphatic carbocycles. The lowest BCUT2D eigenvalue weighted by molar-refractivity contribution is -0.169. The molecule has 166 valence electrons. The molecule has 1 fully saturated rings. The summed E-state index contributed by atoms with van der Waals surface area (Å²) in [6, 6.07) is 10.1. The van der Waals surface area contributed by atoms with Gasteiger partial charge in [-0.05, 0) is 48.4 Å². The van der Waals surface area contributed by atoms with E-state index in [1.807, 2.05) is 13.0 Å². The molecule has 2 unspecified atom stereocenters. The Morgan fingerprint density at radius 1 is 1.31 bits per heavy atom. The van der Waals surface area contributed by atoms with Gasteiger partial charge in [0.25, 0.3) is 5.79 Å². The summed E-state index contributed by atoms with van der Waals surface area (Å²) < 4.78 is 11.3. The number of nitrogens with two attached hydrogens (primary N) is 1. The SMILES string of the molecule is C=C(c1ccc2c(c1)OC1(O)c3cccc(N)c3C(=O)C21NC(=O)OCCCC)C1CC1. The molecule has 0 aromatic heterocycles. The zero-order chi connectivity index (χ0) is 22.7. The van der Waals surface area contributed by atoms with Crippen molar-refractivity contribution in [1.82, 2.24) is 5.32 Å². The summed E-state index contributed by atoms with van der Waals surface area (Å²) in [7, 11) is 0. The maximum atomic E-state index is 13.8. The molecule has 5 rings (SSSR count). The Bertz CT molecular complexity index is 1160. The van der Waals surface area contributed by atoms with Crippen molar-refractivity contribution >= 4 is 23.1 Å². The van der Waals surface area contributed by atoms with Crippen molar-refractivity contribution in [3.8, 4) is 5.75 Å². The van der Waals surface area contributed by atoms with E-state index in [4.69, 9.17) is 15.2 Å². The van der Waals surface area contributed by atoms with Gasteiger partial charge in [-0.25, -0.2) is 4.79 Å². The second-order valence-electron chi connectivity index (χ2n) is 8.72. The minimum atomic E-state index is -2.15.